The zero-order chi connectivity index (χ0) is 13.0. The Bertz CT molecular complexity index is 404. The lowest BCUT2D eigenvalue weighted by Crippen LogP contribution is -2.37. The van der Waals surface area contributed by atoms with Gasteiger partial charge in [-0.05, 0) is 33.3 Å². The van der Waals surface area contributed by atoms with Crippen LogP contribution in [-0.2, 0) is 0 Å². The first-order chi connectivity index (χ1) is 7.97. The largest absolute Gasteiger partial charge is 0.336 e. The van der Waals surface area contributed by atoms with Crippen LogP contribution >= 0.6 is 11.6 Å². The van der Waals surface area contributed by atoms with Crippen molar-refractivity contribution in [3.8, 4) is 0 Å². The Morgan fingerprint density at radius 3 is 2.65 bits per heavy atom. The zero-order valence-electron chi connectivity index (χ0n) is 10.8. The van der Waals surface area contributed by atoms with Crippen LogP contribution in [0.1, 0.15) is 43.2 Å². The number of hydrogen-bond acceptors (Lipinski definition) is 2. The summed E-state index contributed by atoms with van der Waals surface area (Å²) in [5, 5.41) is 0.476. The SMILES string of the molecule is CCCN(C(=O)c1cnc(C)cc1Cl)C(C)C. The van der Waals surface area contributed by atoms with Crippen molar-refractivity contribution in [3.63, 3.8) is 0 Å². The van der Waals surface area contributed by atoms with Gasteiger partial charge in [-0.2, -0.15) is 0 Å². The van der Waals surface area contributed by atoms with Crippen LogP contribution in [0, 0.1) is 6.92 Å². The van der Waals surface area contributed by atoms with E-state index in [1.54, 1.807) is 12.3 Å². The standard InChI is InChI=1S/C13H19ClN2O/c1-5-6-16(9(2)3)13(17)11-8-15-10(4)7-12(11)14/h7-9H,5-6H2,1-4H3. The molecule has 0 aliphatic heterocycles. The highest BCUT2D eigenvalue weighted by Crippen LogP contribution is 2.19. The second-order valence-corrected chi connectivity index (χ2v) is 4.81. The van der Waals surface area contributed by atoms with E-state index in [1.165, 1.54) is 0 Å². The number of rotatable bonds is 4. The Labute approximate surface area is 108 Å². The molecule has 0 N–H and O–H groups in total. The molecule has 1 aromatic heterocycles. The van der Waals surface area contributed by atoms with Crippen molar-refractivity contribution in [2.45, 2.75) is 40.2 Å². The number of halogens is 1. The monoisotopic (exact) mass is 254 g/mol. The topological polar surface area (TPSA) is 33.2 Å². The van der Waals surface area contributed by atoms with E-state index in [2.05, 4.69) is 11.9 Å². The quantitative estimate of drug-likeness (QED) is 0.826. The van der Waals surface area contributed by atoms with Crippen LogP contribution in [0.15, 0.2) is 12.3 Å². The van der Waals surface area contributed by atoms with Crippen molar-refractivity contribution in [3.05, 3.63) is 28.5 Å². The molecular formula is C13H19ClN2O. The van der Waals surface area contributed by atoms with Crippen LogP contribution in [-0.4, -0.2) is 28.4 Å². The summed E-state index contributed by atoms with van der Waals surface area (Å²) in [6.45, 7) is 8.65. The highest BCUT2D eigenvalue weighted by molar-refractivity contribution is 6.33. The molecule has 1 amide bonds. The van der Waals surface area contributed by atoms with Gasteiger partial charge in [-0.3, -0.25) is 9.78 Å². The number of nitrogens with zero attached hydrogens (tertiary/aromatic N) is 2. The number of carbonyl (C=O) groups excluding carboxylic acids is 1. The highest BCUT2D eigenvalue weighted by Gasteiger charge is 2.20. The first-order valence-electron chi connectivity index (χ1n) is 5.90. The summed E-state index contributed by atoms with van der Waals surface area (Å²) in [5.74, 6) is -0.0423. The summed E-state index contributed by atoms with van der Waals surface area (Å²) in [6, 6.07) is 1.89. The Morgan fingerprint density at radius 2 is 2.18 bits per heavy atom. The molecular weight excluding hydrogens is 236 g/mol. The molecule has 0 unspecified atom stereocenters. The summed E-state index contributed by atoms with van der Waals surface area (Å²) in [4.78, 5) is 18.3. The number of amides is 1. The van der Waals surface area contributed by atoms with Crippen molar-refractivity contribution in [2.24, 2.45) is 0 Å². The fourth-order valence-electron chi connectivity index (χ4n) is 1.67. The van der Waals surface area contributed by atoms with Gasteiger partial charge < -0.3 is 4.90 Å². The van der Waals surface area contributed by atoms with Crippen LogP contribution < -0.4 is 0 Å². The number of aromatic nitrogens is 1. The average Bonchev–Trinajstić information content (AvgIpc) is 2.24. The summed E-state index contributed by atoms with van der Waals surface area (Å²) in [6.07, 6.45) is 2.49. The van der Waals surface area contributed by atoms with Crippen molar-refractivity contribution >= 4 is 17.5 Å². The molecule has 94 valence electrons. The molecule has 0 bridgehead atoms. The minimum absolute atomic E-state index is 0.0423. The summed E-state index contributed by atoms with van der Waals surface area (Å²) in [5.41, 5.74) is 1.30. The van der Waals surface area contributed by atoms with Gasteiger partial charge in [0.25, 0.3) is 5.91 Å². The number of hydrogen-bond donors (Lipinski definition) is 0. The summed E-state index contributed by atoms with van der Waals surface area (Å²) >= 11 is 6.09. The van der Waals surface area contributed by atoms with Gasteiger partial charge in [0.05, 0.1) is 10.6 Å². The Morgan fingerprint density at radius 1 is 1.53 bits per heavy atom. The minimum Gasteiger partial charge on any atom is -0.336 e. The van der Waals surface area contributed by atoms with Crippen LogP contribution in [0.2, 0.25) is 5.02 Å². The highest BCUT2D eigenvalue weighted by atomic mass is 35.5. The lowest BCUT2D eigenvalue weighted by molar-refractivity contribution is 0.0705. The molecule has 0 aromatic carbocycles. The molecule has 17 heavy (non-hydrogen) atoms. The Hall–Kier alpha value is -1.09. The third-order valence-electron chi connectivity index (χ3n) is 2.57. The molecule has 1 rings (SSSR count). The summed E-state index contributed by atoms with van der Waals surface area (Å²) < 4.78 is 0. The van der Waals surface area contributed by atoms with Crippen molar-refractivity contribution in [1.29, 1.82) is 0 Å². The van der Waals surface area contributed by atoms with Gasteiger partial charge in [-0.15, -0.1) is 0 Å². The first-order valence-corrected chi connectivity index (χ1v) is 6.28. The second-order valence-electron chi connectivity index (χ2n) is 4.40. The molecule has 1 aromatic rings. The molecule has 0 radical (unpaired) electrons. The zero-order valence-corrected chi connectivity index (χ0v) is 11.6. The van der Waals surface area contributed by atoms with E-state index < -0.39 is 0 Å². The van der Waals surface area contributed by atoms with Crippen LogP contribution in [0.4, 0.5) is 0 Å². The lowest BCUT2D eigenvalue weighted by Gasteiger charge is -2.26. The van der Waals surface area contributed by atoms with E-state index in [9.17, 15) is 4.79 Å². The molecule has 1 heterocycles. The predicted octanol–water partition coefficient (Wildman–Crippen LogP) is 3.30. The van der Waals surface area contributed by atoms with Crippen LogP contribution in [0.5, 0.6) is 0 Å². The normalized spacial score (nSPS) is 10.7. The van der Waals surface area contributed by atoms with Gasteiger partial charge in [0.1, 0.15) is 0 Å². The van der Waals surface area contributed by atoms with Crippen molar-refractivity contribution in [1.82, 2.24) is 9.88 Å². The predicted molar refractivity (Wildman–Crippen MR) is 70.4 cm³/mol. The maximum atomic E-state index is 12.3. The fraction of sp³-hybridized carbons (Fsp3) is 0.538. The molecule has 0 aliphatic carbocycles. The first kappa shape index (κ1) is 14.0. The smallest absolute Gasteiger partial charge is 0.257 e. The van der Waals surface area contributed by atoms with Crippen molar-refractivity contribution in [2.75, 3.05) is 6.54 Å². The maximum Gasteiger partial charge on any atom is 0.257 e. The van der Waals surface area contributed by atoms with E-state index in [4.69, 9.17) is 11.6 Å². The van der Waals surface area contributed by atoms with Gasteiger partial charge in [0.15, 0.2) is 0 Å². The molecule has 0 aliphatic rings. The number of pyridine rings is 1. The van der Waals surface area contributed by atoms with Crippen LogP contribution in [0.25, 0.3) is 0 Å². The number of carbonyl (C=O) groups is 1. The van der Waals surface area contributed by atoms with Crippen molar-refractivity contribution < 1.29 is 4.79 Å². The van der Waals surface area contributed by atoms with E-state index in [1.807, 2.05) is 25.7 Å². The van der Waals surface area contributed by atoms with Gasteiger partial charge in [-0.25, -0.2) is 0 Å². The molecule has 3 nitrogen and oxygen atoms in total. The van der Waals surface area contributed by atoms with Crippen LogP contribution in [0.3, 0.4) is 0 Å². The second kappa shape index (κ2) is 6.01. The molecule has 4 heteroatoms. The lowest BCUT2D eigenvalue weighted by atomic mass is 10.2. The van der Waals surface area contributed by atoms with E-state index in [0.29, 0.717) is 10.6 Å². The minimum atomic E-state index is -0.0423. The van der Waals surface area contributed by atoms with Gasteiger partial charge >= 0.3 is 0 Å². The Balaban J connectivity index is 3.01. The maximum absolute atomic E-state index is 12.3. The third-order valence-corrected chi connectivity index (χ3v) is 2.88. The van der Waals surface area contributed by atoms with Gasteiger partial charge in [0, 0.05) is 24.5 Å². The number of aryl methyl sites for hydroxylation is 1. The van der Waals surface area contributed by atoms with E-state index in [0.717, 1.165) is 18.7 Å². The molecule has 0 fully saturated rings. The molecule has 0 atom stereocenters. The molecule has 0 saturated carbocycles. The molecule has 0 saturated heterocycles. The third kappa shape index (κ3) is 3.43. The van der Waals surface area contributed by atoms with Gasteiger partial charge in [-0.1, -0.05) is 18.5 Å². The van der Waals surface area contributed by atoms with E-state index >= 15 is 0 Å². The summed E-state index contributed by atoms with van der Waals surface area (Å²) in [7, 11) is 0. The Kier molecular flexibility index (Phi) is 4.94. The van der Waals surface area contributed by atoms with Gasteiger partial charge in [0.2, 0.25) is 0 Å². The fourth-order valence-corrected chi connectivity index (χ4v) is 1.96. The van der Waals surface area contributed by atoms with E-state index in [-0.39, 0.29) is 11.9 Å². The average molecular weight is 255 g/mol. The molecule has 0 spiro atoms.